The van der Waals surface area contributed by atoms with Crippen LogP contribution in [0.15, 0.2) is 18.2 Å². The van der Waals surface area contributed by atoms with Crippen LogP contribution in [0, 0.1) is 5.92 Å². The first kappa shape index (κ1) is 14.5. The number of halogens is 2. The van der Waals surface area contributed by atoms with E-state index >= 15 is 0 Å². The fourth-order valence-corrected chi connectivity index (χ4v) is 1.82. The van der Waals surface area contributed by atoms with Gasteiger partial charge in [0, 0.05) is 6.42 Å². The maximum Gasteiger partial charge on any atom is 0.150 e. The molecule has 0 saturated carbocycles. The third-order valence-corrected chi connectivity index (χ3v) is 3.47. The molecular formula is C13H17Cl2NO. The molecule has 0 aliphatic carbocycles. The van der Waals surface area contributed by atoms with Crippen molar-refractivity contribution in [3.8, 4) is 0 Å². The van der Waals surface area contributed by atoms with Crippen LogP contribution in [0.1, 0.15) is 25.8 Å². The first-order valence-electron chi connectivity index (χ1n) is 5.64. The Bertz CT molecular complexity index is 404. The number of nitrogens with two attached hydrogens (primary N) is 1. The Morgan fingerprint density at radius 2 is 1.94 bits per heavy atom. The van der Waals surface area contributed by atoms with Gasteiger partial charge in [-0.1, -0.05) is 43.1 Å². The third kappa shape index (κ3) is 4.30. The van der Waals surface area contributed by atoms with Crippen LogP contribution < -0.4 is 5.73 Å². The highest BCUT2D eigenvalue weighted by Gasteiger charge is 2.16. The van der Waals surface area contributed by atoms with E-state index in [1.165, 1.54) is 0 Å². The molecule has 0 aromatic heterocycles. The van der Waals surface area contributed by atoms with E-state index in [9.17, 15) is 4.79 Å². The van der Waals surface area contributed by atoms with Crippen molar-refractivity contribution in [2.75, 3.05) is 0 Å². The standard InChI is InChI=1S/C13H17Cl2NO/c1-8(2)13(16)12(17)6-4-9-3-5-10(14)11(15)7-9/h3,5,7-8,13H,4,6,16H2,1-2H3/t13-/m1/s1. The summed E-state index contributed by atoms with van der Waals surface area (Å²) in [6.45, 7) is 3.89. The van der Waals surface area contributed by atoms with Gasteiger partial charge in [-0.3, -0.25) is 4.79 Å². The highest BCUT2D eigenvalue weighted by atomic mass is 35.5. The number of ketones is 1. The SMILES string of the molecule is CC(C)[C@@H](N)C(=O)CCc1ccc(Cl)c(Cl)c1. The predicted octanol–water partition coefficient (Wildman–Crippen LogP) is 3.48. The van der Waals surface area contributed by atoms with Gasteiger partial charge >= 0.3 is 0 Å². The maximum atomic E-state index is 11.7. The first-order chi connectivity index (χ1) is 7.91. The zero-order valence-corrected chi connectivity index (χ0v) is 11.6. The number of hydrogen-bond acceptors (Lipinski definition) is 2. The van der Waals surface area contributed by atoms with Crippen LogP contribution >= 0.6 is 23.2 Å². The van der Waals surface area contributed by atoms with Crippen molar-refractivity contribution in [1.82, 2.24) is 0 Å². The Kier molecular flexibility index (Phi) is 5.44. The molecular weight excluding hydrogens is 257 g/mol. The minimum atomic E-state index is -0.377. The Hall–Kier alpha value is -0.570. The summed E-state index contributed by atoms with van der Waals surface area (Å²) >= 11 is 11.7. The minimum absolute atomic E-state index is 0.0890. The molecule has 17 heavy (non-hydrogen) atoms. The van der Waals surface area contributed by atoms with Gasteiger partial charge in [-0.15, -0.1) is 0 Å². The van der Waals surface area contributed by atoms with Crippen LogP contribution in [0.4, 0.5) is 0 Å². The monoisotopic (exact) mass is 273 g/mol. The van der Waals surface area contributed by atoms with Gasteiger partial charge in [0.05, 0.1) is 16.1 Å². The molecule has 2 nitrogen and oxygen atoms in total. The number of aryl methyl sites for hydroxylation is 1. The molecule has 0 aliphatic rings. The summed E-state index contributed by atoms with van der Waals surface area (Å²) in [6.07, 6.45) is 1.09. The van der Waals surface area contributed by atoms with Crippen molar-refractivity contribution in [3.63, 3.8) is 0 Å². The summed E-state index contributed by atoms with van der Waals surface area (Å²) in [4.78, 5) is 11.7. The summed E-state index contributed by atoms with van der Waals surface area (Å²) in [6, 6.07) is 5.03. The number of Topliss-reactive ketones (excluding diaryl/α,β-unsaturated/α-hetero) is 1. The van der Waals surface area contributed by atoms with E-state index < -0.39 is 0 Å². The van der Waals surface area contributed by atoms with Crippen molar-refractivity contribution < 1.29 is 4.79 Å². The molecule has 2 N–H and O–H groups in total. The van der Waals surface area contributed by atoms with Gasteiger partial charge < -0.3 is 5.73 Å². The number of hydrogen-bond donors (Lipinski definition) is 1. The van der Waals surface area contributed by atoms with Crippen LogP contribution in [-0.2, 0) is 11.2 Å². The molecule has 1 atom stereocenters. The molecule has 1 rings (SSSR count). The normalized spacial score (nSPS) is 12.8. The fraction of sp³-hybridized carbons (Fsp3) is 0.462. The number of carbonyl (C=O) groups is 1. The zero-order valence-electron chi connectivity index (χ0n) is 10.0. The van der Waals surface area contributed by atoms with Crippen LogP contribution in [0.25, 0.3) is 0 Å². The molecule has 0 fully saturated rings. The van der Waals surface area contributed by atoms with Gasteiger partial charge in [0.15, 0.2) is 0 Å². The molecule has 0 spiro atoms. The van der Waals surface area contributed by atoms with E-state index in [4.69, 9.17) is 28.9 Å². The van der Waals surface area contributed by atoms with E-state index in [0.29, 0.717) is 22.9 Å². The molecule has 0 radical (unpaired) electrons. The van der Waals surface area contributed by atoms with Gasteiger partial charge in [0.1, 0.15) is 5.78 Å². The topological polar surface area (TPSA) is 43.1 Å². The quantitative estimate of drug-likeness (QED) is 0.893. The second-order valence-electron chi connectivity index (χ2n) is 4.48. The van der Waals surface area contributed by atoms with E-state index in [1.54, 1.807) is 12.1 Å². The van der Waals surface area contributed by atoms with Crippen molar-refractivity contribution in [2.45, 2.75) is 32.7 Å². The van der Waals surface area contributed by atoms with Crippen LogP contribution in [0.3, 0.4) is 0 Å². The van der Waals surface area contributed by atoms with Crippen molar-refractivity contribution in [1.29, 1.82) is 0 Å². The van der Waals surface area contributed by atoms with Gasteiger partial charge in [0.2, 0.25) is 0 Å². The lowest BCUT2D eigenvalue weighted by molar-refractivity contribution is -0.121. The average molecular weight is 274 g/mol. The molecule has 0 bridgehead atoms. The molecule has 0 amide bonds. The van der Waals surface area contributed by atoms with E-state index in [1.807, 2.05) is 19.9 Å². The van der Waals surface area contributed by atoms with E-state index in [2.05, 4.69) is 0 Å². The predicted molar refractivity (Wildman–Crippen MR) is 72.6 cm³/mol. The Balaban J connectivity index is 2.56. The van der Waals surface area contributed by atoms with Gasteiger partial charge in [-0.25, -0.2) is 0 Å². The molecule has 0 unspecified atom stereocenters. The molecule has 0 aliphatic heterocycles. The first-order valence-corrected chi connectivity index (χ1v) is 6.39. The Morgan fingerprint density at radius 3 is 2.47 bits per heavy atom. The summed E-state index contributed by atoms with van der Waals surface area (Å²) in [5, 5.41) is 1.05. The average Bonchev–Trinajstić information content (AvgIpc) is 2.29. The molecule has 1 aromatic rings. The minimum Gasteiger partial charge on any atom is -0.321 e. The Labute approximate surface area is 112 Å². The summed E-state index contributed by atoms with van der Waals surface area (Å²) < 4.78 is 0. The van der Waals surface area contributed by atoms with Crippen molar-refractivity contribution >= 4 is 29.0 Å². The fourth-order valence-electron chi connectivity index (χ4n) is 1.50. The highest BCUT2D eigenvalue weighted by Crippen LogP contribution is 2.23. The van der Waals surface area contributed by atoms with Gasteiger partial charge in [0.25, 0.3) is 0 Å². The van der Waals surface area contributed by atoms with Gasteiger partial charge in [-0.2, -0.15) is 0 Å². The number of benzene rings is 1. The lowest BCUT2D eigenvalue weighted by Crippen LogP contribution is -2.35. The molecule has 4 heteroatoms. The highest BCUT2D eigenvalue weighted by molar-refractivity contribution is 6.42. The van der Waals surface area contributed by atoms with E-state index in [0.717, 1.165) is 5.56 Å². The zero-order chi connectivity index (χ0) is 13.0. The lowest BCUT2D eigenvalue weighted by atomic mass is 9.96. The summed E-state index contributed by atoms with van der Waals surface area (Å²) in [5.41, 5.74) is 6.78. The molecule has 0 saturated heterocycles. The Morgan fingerprint density at radius 1 is 1.29 bits per heavy atom. The second kappa shape index (κ2) is 6.39. The van der Waals surface area contributed by atoms with Crippen molar-refractivity contribution in [3.05, 3.63) is 33.8 Å². The van der Waals surface area contributed by atoms with Gasteiger partial charge in [-0.05, 0) is 30.0 Å². The smallest absolute Gasteiger partial charge is 0.150 e. The summed E-state index contributed by atoms with van der Waals surface area (Å²) in [7, 11) is 0. The molecule has 0 heterocycles. The van der Waals surface area contributed by atoms with Crippen LogP contribution in [-0.4, -0.2) is 11.8 Å². The summed E-state index contributed by atoms with van der Waals surface area (Å²) in [5.74, 6) is 0.266. The number of rotatable bonds is 5. The van der Waals surface area contributed by atoms with Crippen LogP contribution in [0.2, 0.25) is 10.0 Å². The van der Waals surface area contributed by atoms with Crippen LogP contribution in [0.5, 0.6) is 0 Å². The largest absolute Gasteiger partial charge is 0.321 e. The second-order valence-corrected chi connectivity index (χ2v) is 5.30. The molecule has 1 aromatic carbocycles. The molecule has 94 valence electrons. The van der Waals surface area contributed by atoms with E-state index in [-0.39, 0.29) is 17.7 Å². The maximum absolute atomic E-state index is 11.7. The van der Waals surface area contributed by atoms with Crippen molar-refractivity contribution in [2.24, 2.45) is 11.7 Å². The number of carbonyl (C=O) groups excluding carboxylic acids is 1. The third-order valence-electron chi connectivity index (χ3n) is 2.73. The lowest BCUT2D eigenvalue weighted by Gasteiger charge is -2.14.